The lowest BCUT2D eigenvalue weighted by molar-refractivity contribution is -0.139. The number of amides is 3. The molecule has 0 aromatic heterocycles. The maximum Gasteiger partial charge on any atom is 0.329 e. The molecule has 9 nitrogen and oxygen atoms in total. The van der Waals surface area contributed by atoms with E-state index >= 15 is 0 Å². The summed E-state index contributed by atoms with van der Waals surface area (Å²) < 4.78 is 10.4. The summed E-state index contributed by atoms with van der Waals surface area (Å²) in [5.41, 5.74) is 2.87. The van der Waals surface area contributed by atoms with Crippen molar-refractivity contribution in [2.75, 3.05) is 26.9 Å². The molecule has 0 unspecified atom stereocenters. The largest absolute Gasteiger partial charge is 0.484 e. The number of carbonyl (C=O) groups is 3. The lowest BCUT2D eigenvalue weighted by atomic mass is 9.95. The number of rotatable bonds is 10. The molecule has 3 N–H and O–H groups in total. The Kier molecular flexibility index (Phi) is 10.4. The van der Waals surface area contributed by atoms with Gasteiger partial charge in [0.2, 0.25) is 0 Å². The Labute approximate surface area is 176 Å². The van der Waals surface area contributed by atoms with Gasteiger partial charge < -0.3 is 20.1 Å². The molecule has 0 spiro atoms. The molecule has 0 radical (unpaired) electrons. The van der Waals surface area contributed by atoms with Gasteiger partial charge in [-0.15, -0.1) is 0 Å². The van der Waals surface area contributed by atoms with Crippen LogP contribution in [-0.4, -0.2) is 56.8 Å². The van der Waals surface area contributed by atoms with Gasteiger partial charge in [-0.3, -0.25) is 14.4 Å². The van der Waals surface area contributed by atoms with E-state index in [2.05, 4.69) is 21.2 Å². The molecule has 1 aliphatic rings. The number of hydrogen-bond donors (Lipinski definition) is 3. The van der Waals surface area contributed by atoms with Gasteiger partial charge in [-0.05, 0) is 49.1 Å². The van der Waals surface area contributed by atoms with Crippen LogP contribution >= 0.6 is 0 Å². The summed E-state index contributed by atoms with van der Waals surface area (Å²) in [7, 11) is 1.57. The number of nitrogens with zero attached hydrogens (tertiary/aromatic N) is 1. The van der Waals surface area contributed by atoms with E-state index in [1.54, 1.807) is 31.4 Å². The van der Waals surface area contributed by atoms with Crippen molar-refractivity contribution in [1.29, 1.82) is 0 Å². The fourth-order valence-electron chi connectivity index (χ4n) is 3.03. The highest BCUT2D eigenvalue weighted by molar-refractivity contribution is 6.35. The van der Waals surface area contributed by atoms with Crippen LogP contribution in [0.4, 0.5) is 0 Å². The monoisotopic (exact) mass is 418 g/mol. The van der Waals surface area contributed by atoms with Gasteiger partial charge in [0.25, 0.3) is 5.91 Å². The fraction of sp³-hybridized carbons (Fsp3) is 0.524. The third-order valence-corrected chi connectivity index (χ3v) is 4.62. The normalized spacial score (nSPS) is 14.3. The van der Waals surface area contributed by atoms with Gasteiger partial charge in [0.15, 0.2) is 6.61 Å². The Morgan fingerprint density at radius 3 is 2.53 bits per heavy atom. The molecule has 1 fully saturated rings. The minimum Gasteiger partial charge on any atom is -0.484 e. The van der Waals surface area contributed by atoms with Crippen LogP contribution in [0.3, 0.4) is 0 Å². The summed E-state index contributed by atoms with van der Waals surface area (Å²) in [6.45, 7) is 0.828. The first-order valence-electron chi connectivity index (χ1n) is 10.2. The molecule has 0 heterocycles. The van der Waals surface area contributed by atoms with Crippen LogP contribution in [-0.2, 0) is 19.1 Å². The third kappa shape index (κ3) is 9.04. The Hall–Kier alpha value is -2.94. The van der Waals surface area contributed by atoms with Crippen molar-refractivity contribution >= 4 is 23.9 Å². The molecule has 3 amide bonds. The van der Waals surface area contributed by atoms with Gasteiger partial charge in [0, 0.05) is 26.3 Å². The number of hydrazone groups is 1. The summed E-state index contributed by atoms with van der Waals surface area (Å²) in [4.78, 5) is 35.1. The van der Waals surface area contributed by atoms with E-state index in [0.29, 0.717) is 30.9 Å². The first kappa shape index (κ1) is 23.3. The van der Waals surface area contributed by atoms with Crippen LogP contribution in [0.15, 0.2) is 29.4 Å². The Balaban J connectivity index is 1.67. The first-order valence-corrected chi connectivity index (χ1v) is 10.2. The van der Waals surface area contributed by atoms with Crippen LogP contribution in [0.25, 0.3) is 0 Å². The zero-order chi connectivity index (χ0) is 21.6. The van der Waals surface area contributed by atoms with E-state index in [-0.39, 0.29) is 18.6 Å². The maximum atomic E-state index is 12.0. The molecule has 164 valence electrons. The molecule has 1 aromatic carbocycles. The molecular formula is C21H30N4O5. The second-order valence-electron chi connectivity index (χ2n) is 7.06. The summed E-state index contributed by atoms with van der Waals surface area (Å²) in [5, 5.41) is 9.23. The summed E-state index contributed by atoms with van der Waals surface area (Å²) in [6, 6.07) is 7.14. The highest BCUT2D eigenvalue weighted by Gasteiger charge is 2.15. The van der Waals surface area contributed by atoms with Gasteiger partial charge in [0.1, 0.15) is 5.75 Å². The first-order chi connectivity index (χ1) is 14.6. The maximum absolute atomic E-state index is 12.0. The van der Waals surface area contributed by atoms with Gasteiger partial charge in [-0.1, -0.05) is 19.3 Å². The van der Waals surface area contributed by atoms with E-state index in [0.717, 1.165) is 25.7 Å². The topological polar surface area (TPSA) is 118 Å². The van der Waals surface area contributed by atoms with Crippen LogP contribution < -0.4 is 20.8 Å². The minimum atomic E-state index is -0.840. The highest BCUT2D eigenvalue weighted by Crippen LogP contribution is 2.17. The number of hydrogen-bond acceptors (Lipinski definition) is 6. The molecule has 30 heavy (non-hydrogen) atoms. The average Bonchev–Trinajstić information content (AvgIpc) is 2.76. The Bertz CT molecular complexity index is 715. The van der Waals surface area contributed by atoms with E-state index in [4.69, 9.17) is 9.47 Å². The van der Waals surface area contributed by atoms with Crippen LogP contribution in [0.1, 0.15) is 44.1 Å². The molecule has 0 aliphatic heterocycles. The SMILES string of the molecule is COCCCNC(=O)C(=O)N/N=C\c1ccc(OCC(=O)NC2CCCCC2)cc1. The molecule has 1 aliphatic carbocycles. The predicted octanol–water partition coefficient (Wildman–Crippen LogP) is 1.12. The smallest absolute Gasteiger partial charge is 0.329 e. The number of carbonyl (C=O) groups excluding carboxylic acids is 3. The van der Waals surface area contributed by atoms with Crippen LogP contribution in [0, 0.1) is 0 Å². The molecule has 1 aromatic rings. The summed E-state index contributed by atoms with van der Waals surface area (Å²) >= 11 is 0. The molecule has 0 saturated heterocycles. The minimum absolute atomic E-state index is 0.0283. The van der Waals surface area contributed by atoms with Crippen LogP contribution in [0.2, 0.25) is 0 Å². The zero-order valence-corrected chi connectivity index (χ0v) is 17.3. The molecule has 0 atom stereocenters. The van der Waals surface area contributed by atoms with Crippen molar-refractivity contribution in [3.8, 4) is 5.75 Å². The molecule has 0 bridgehead atoms. The van der Waals surface area contributed by atoms with E-state index in [9.17, 15) is 14.4 Å². The quantitative estimate of drug-likeness (QED) is 0.228. The number of methoxy groups -OCH3 is 1. The van der Waals surface area contributed by atoms with Crippen molar-refractivity contribution in [3.63, 3.8) is 0 Å². The summed E-state index contributed by atoms with van der Waals surface area (Å²) in [6.07, 6.45) is 7.66. The lowest BCUT2D eigenvalue weighted by Gasteiger charge is -2.22. The fourth-order valence-corrected chi connectivity index (χ4v) is 3.03. The lowest BCUT2D eigenvalue weighted by Crippen LogP contribution is -2.38. The second-order valence-corrected chi connectivity index (χ2v) is 7.06. The Morgan fingerprint density at radius 1 is 1.10 bits per heavy atom. The van der Waals surface area contributed by atoms with E-state index in [1.165, 1.54) is 12.6 Å². The molecular weight excluding hydrogens is 388 g/mol. The van der Waals surface area contributed by atoms with Gasteiger partial charge >= 0.3 is 11.8 Å². The van der Waals surface area contributed by atoms with Gasteiger partial charge in [-0.2, -0.15) is 5.10 Å². The number of ether oxygens (including phenoxy) is 2. The molecule has 9 heteroatoms. The second kappa shape index (κ2) is 13.3. The van der Waals surface area contributed by atoms with Crippen molar-refractivity contribution in [3.05, 3.63) is 29.8 Å². The number of nitrogens with one attached hydrogen (secondary N) is 3. The van der Waals surface area contributed by atoms with Crippen molar-refractivity contribution < 1.29 is 23.9 Å². The summed E-state index contributed by atoms with van der Waals surface area (Å²) in [5.74, 6) is -1.15. The van der Waals surface area contributed by atoms with E-state index < -0.39 is 11.8 Å². The third-order valence-electron chi connectivity index (χ3n) is 4.62. The Morgan fingerprint density at radius 2 is 1.83 bits per heavy atom. The predicted molar refractivity (Wildman–Crippen MR) is 112 cm³/mol. The number of benzene rings is 1. The average molecular weight is 418 g/mol. The van der Waals surface area contributed by atoms with Crippen LogP contribution in [0.5, 0.6) is 5.75 Å². The van der Waals surface area contributed by atoms with E-state index in [1.807, 2.05) is 0 Å². The molecule has 1 saturated carbocycles. The highest BCUT2D eigenvalue weighted by atomic mass is 16.5. The van der Waals surface area contributed by atoms with Crippen molar-refractivity contribution in [2.45, 2.75) is 44.6 Å². The van der Waals surface area contributed by atoms with Crippen molar-refractivity contribution in [2.24, 2.45) is 5.10 Å². The standard InChI is InChI=1S/C21H30N4O5/c1-29-13-5-12-22-20(27)21(28)25-23-14-16-8-10-18(11-9-16)30-15-19(26)24-17-6-3-2-4-7-17/h8-11,14,17H,2-7,12-13,15H2,1H3,(H,22,27)(H,24,26)(H,25,28)/b23-14-. The van der Waals surface area contributed by atoms with Crippen molar-refractivity contribution in [1.82, 2.24) is 16.1 Å². The molecule has 2 rings (SSSR count). The zero-order valence-electron chi connectivity index (χ0n) is 17.3. The van der Waals surface area contributed by atoms with Gasteiger partial charge in [-0.25, -0.2) is 5.43 Å². The van der Waals surface area contributed by atoms with Gasteiger partial charge in [0.05, 0.1) is 6.21 Å².